The fourth-order valence-electron chi connectivity index (χ4n) is 2.39. The zero-order chi connectivity index (χ0) is 15.3. The minimum absolute atomic E-state index is 0.00140. The third kappa shape index (κ3) is 4.46. The average molecular weight is 311 g/mol. The molecule has 0 atom stereocenters. The normalized spacial score (nSPS) is 16.4. The Morgan fingerprint density at radius 3 is 2.38 bits per heavy atom. The van der Waals surface area contributed by atoms with E-state index < -0.39 is 15.9 Å². The van der Waals surface area contributed by atoms with Crippen molar-refractivity contribution in [3.63, 3.8) is 0 Å². The quantitative estimate of drug-likeness (QED) is 0.925. The van der Waals surface area contributed by atoms with E-state index in [0.29, 0.717) is 5.69 Å². The first kappa shape index (κ1) is 15.8. The molecule has 6 heteroatoms. The first-order valence-electron chi connectivity index (χ1n) is 7.32. The Labute approximate surface area is 125 Å². The second-order valence-electron chi connectivity index (χ2n) is 5.22. The lowest BCUT2D eigenvalue weighted by Crippen LogP contribution is -2.24. The summed E-state index contributed by atoms with van der Waals surface area (Å²) in [5, 5.41) is 2.63. The van der Waals surface area contributed by atoms with Crippen molar-refractivity contribution in [2.24, 2.45) is 0 Å². The SMILES string of the molecule is CCS(=O)(=O)c1ccc(NC(=O)OC2CCCCC2)cc1. The molecule has 1 aliphatic rings. The van der Waals surface area contributed by atoms with Gasteiger partial charge >= 0.3 is 6.09 Å². The molecule has 0 aliphatic heterocycles. The second-order valence-corrected chi connectivity index (χ2v) is 7.50. The molecule has 21 heavy (non-hydrogen) atoms. The van der Waals surface area contributed by atoms with Crippen LogP contribution in [-0.4, -0.2) is 26.4 Å². The number of carbonyl (C=O) groups is 1. The van der Waals surface area contributed by atoms with Crippen molar-refractivity contribution in [3.8, 4) is 0 Å². The topological polar surface area (TPSA) is 72.5 Å². The minimum Gasteiger partial charge on any atom is -0.446 e. The average Bonchev–Trinajstić information content (AvgIpc) is 2.48. The standard InChI is InChI=1S/C15H21NO4S/c1-2-21(18,19)14-10-8-12(9-11-14)16-15(17)20-13-6-4-3-5-7-13/h8-11,13H,2-7H2,1H3,(H,16,17). The molecule has 1 saturated carbocycles. The number of sulfone groups is 1. The monoisotopic (exact) mass is 311 g/mol. The Kier molecular flexibility index (Phi) is 5.22. The summed E-state index contributed by atoms with van der Waals surface area (Å²) in [7, 11) is -3.21. The summed E-state index contributed by atoms with van der Waals surface area (Å²) < 4.78 is 28.7. The van der Waals surface area contributed by atoms with Crippen LogP contribution in [0.5, 0.6) is 0 Å². The van der Waals surface area contributed by atoms with Gasteiger partial charge in [0.05, 0.1) is 10.6 Å². The van der Waals surface area contributed by atoms with Crippen molar-refractivity contribution in [1.29, 1.82) is 0 Å². The molecule has 0 aromatic heterocycles. The Balaban J connectivity index is 1.92. The summed E-state index contributed by atoms with van der Waals surface area (Å²) in [5.41, 5.74) is 0.533. The molecule has 116 valence electrons. The predicted octanol–water partition coefficient (Wildman–Crippen LogP) is 3.36. The molecule has 0 unspecified atom stereocenters. The highest BCUT2D eigenvalue weighted by atomic mass is 32.2. The highest BCUT2D eigenvalue weighted by Gasteiger charge is 2.18. The number of amides is 1. The molecule has 0 bridgehead atoms. The van der Waals surface area contributed by atoms with E-state index in [1.165, 1.54) is 18.6 Å². The van der Waals surface area contributed by atoms with Gasteiger partial charge in [-0.1, -0.05) is 13.3 Å². The van der Waals surface area contributed by atoms with Crippen LogP contribution >= 0.6 is 0 Å². The van der Waals surface area contributed by atoms with Crippen molar-refractivity contribution in [2.75, 3.05) is 11.1 Å². The summed E-state index contributed by atoms with van der Waals surface area (Å²) >= 11 is 0. The third-order valence-electron chi connectivity index (χ3n) is 3.67. The van der Waals surface area contributed by atoms with E-state index in [0.717, 1.165) is 25.7 Å². The number of hydrogen-bond donors (Lipinski definition) is 1. The molecule has 1 aromatic rings. The van der Waals surface area contributed by atoms with E-state index in [1.54, 1.807) is 19.1 Å². The van der Waals surface area contributed by atoms with Crippen molar-refractivity contribution >= 4 is 21.6 Å². The first-order valence-corrected chi connectivity index (χ1v) is 8.97. The molecule has 1 fully saturated rings. The van der Waals surface area contributed by atoms with Crippen LogP contribution in [0, 0.1) is 0 Å². The summed E-state index contributed by atoms with van der Waals surface area (Å²) in [6.07, 6.45) is 4.76. The highest BCUT2D eigenvalue weighted by Crippen LogP contribution is 2.21. The molecule has 1 amide bonds. The summed E-state index contributed by atoms with van der Waals surface area (Å²) in [6, 6.07) is 6.14. The molecule has 5 nitrogen and oxygen atoms in total. The molecule has 0 saturated heterocycles. The van der Waals surface area contributed by atoms with Gasteiger partial charge in [0, 0.05) is 5.69 Å². The lowest BCUT2D eigenvalue weighted by atomic mass is 9.98. The Morgan fingerprint density at radius 1 is 1.19 bits per heavy atom. The van der Waals surface area contributed by atoms with Gasteiger partial charge in [-0.2, -0.15) is 0 Å². The van der Waals surface area contributed by atoms with E-state index in [4.69, 9.17) is 4.74 Å². The van der Waals surface area contributed by atoms with E-state index in [1.807, 2.05) is 0 Å². The van der Waals surface area contributed by atoms with Gasteiger partial charge in [0.1, 0.15) is 6.10 Å². The highest BCUT2D eigenvalue weighted by molar-refractivity contribution is 7.91. The number of ether oxygens (including phenoxy) is 1. The van der Waals surface area contributed by atoms with Gasteiger partial charge in [0.25, 0.3) is 0 Å². The number of nitrogens with one attached hydrogen (secondary N) is 1. The van der Waals surface area contributed by atoms with Crippen molar-refractivity contribution in [1.82, 2.24) is 0 Å². The minimum atomic E-state index is -3.21. The maximum atomic E-state index is 11.8. The number of hydrogen-bond acceptors (Lipinski definition) is 4. The predicted molar refractivity (Wildman–Crippen MR) is 81.1 cm³/mol. The fraction of sp³-hybridized carbons (Fsp3) is 0.533. The molecule has 0 heterocycles. The Hall–Kier alpha value is -1.56. The summed E-state index contributed by atoms with van der Waals surface area (Å²) in [4.78, 5) is 12.0. The third-order valence-corrected chi connectivity index (χ3v) is 5.42. The van der Waals surface area contributed by atoms with Gasteiger partial charge in [-0.25, -0.2) is 13.2 Å². The Bertz CT molecular complexity index is 574. The number of benzene rings is 1. The maximum absolute atomic E-state index is 11.8. The van der Waals surface area contributed by atoms with Crippen LogP contribution in [0.15, 0.2) is 29.2 Å². The van der Waals surface area contributed by atoms with Gasteiger partial charge in [-0.15, -0.1) is 0 Å². The van der Waals surface area contributed by atoms with E-state index in [9.17, 15) is 13.2 Å². The van der Waals surface area contributed by atoms with Gasteiger partial charge in [-0.05, 0) is 49.9 Å². The van der Waals surface area contributed by atoms with Crippen molar-refractivity contribution < 1.29 is 17.9 Å². The van der Waals surface area contributed by atoms with E-state index in [-0.39, 0.29) is 16.8 Å². The van der Waals surface area contributed by atoms with Crippen LogP contribution in [0.2, 0.25) is 0 Å². The van der Waals surface area contributed by atoms with Crippen LogP contribution in [0.1, 0.15) is 39.0 Å². The van der Waals surface area contributed by atoms with Gasteiger partial charge in [-0.3, -0.25) is 5.32 Å². The molecular formula is C15H21NO4S. The molecule has 2 rings (SSSR count). The van der Waals surface area contributed by atoms with Crippen LogP contribution in [0.25, 0.3) is 0 Å². The second kappa shape index (κ2) is 6.93. The lowest BCUT2D eigenvalue weighted by molar-refractivity contribution is 0.0865. The van der Waals surface area contributed by atoms with Crippen LogP contribution in [-0.2, 0) is 14.6 Å². The number of carbonyl (C=O) groups excluding carboxylic acids is 1. The summed E-state index contributed by atoms with van der Waals surface area (Å²) in [5.74, 6) is 0.0590. The maximum Gasteiger partial charge on any atom is 0.411 e. The zero-order valence-corrected chi connectivity index (χ0v) is 13.0. The molecule has 1 aliphatic carbocycles. The van der Waals surface area contributed by atoms with Crippen molar-refractivity contribution in [2.45, 2.75) is 50.0 Å². The largest absolute Gasteiger partial charge is 0.446 e. The van der Waals surface area contributed by atoms with E-state index >= 15 is 0 Å². The van der Waals surface area contributed by atoms with Gasteiger partial charge in [0.2, 0.25) is 0 Å². The zero-order valence-electron chi connectivity index (χ0n) is 12.2. The van der Waals surface area contributed by atoms with Gasteiger partial charge < -0.3 is 4.74 Å². The van der Waals surface area contributed by atoms with Crippen LogP contribution < -0.4 is 5.32 Å². The first-order chi connectivity index (χ1) is 10.0. The van der Waals surface area contributed by atoms with E-state index in [2.05, 4.69) is 5.32 Å². The van der Waals surface area contributed by atoms with Gasteiger partial charge in [0.15, 0.2) is 9.84 Å². The smallest absolute Gasteiger partial charge is 0.411 e. The molecule has 0 spiro atoms. The van der Waals surface area contributed by atoms with Crippen molar-refractivity contribution in [3.05, 3.63) is 24.3 Å². The summed E-state index contributed by atoms with van der Waals surface area (Å²) in [6.45, 7) is 1.60. The fourth-order valence-corrected chi connectivity index (χ4v) is 3.28. The lowest BCUT2D eigenvalue weighted by Gasteiger charge is -2.21. The Morgan fingerprint density at radius 2 is 1.81 bits per heavy atom. The molecule has 0 radical (unpaired) electrons. The number of anilines is 1. The van der Waals surface area contributed by atoms with Crippen LogP contribution in [0.3, 0.4) is 0 Å². The molecular weight excluding hydrogens is 290 g/mol. The van der Waals surface area contributed by atoms with Crippen LogP contribution in [0.4, 0.5) is 10.5 Å². The molecule has 1 aromatic carbocycles. The number of rotatable bonds is 4. The molecule has 1 N–H and O–H groups in total.